The molecule has 0 radical (unpaired) electrons. The largest absolute Gasteiger partial charge is 0.480 e. The van der Waals surface area contributed by atoms with Gasteiger partial charge in [0.15, 0.2) is 5.03 Å². The van der Waals surface area contributed by atoms with Gasteiger partial charge in [0.05, 0.1) is 7.11 Å². The first-order valence-electron chi connectivity index (χ1n) is 6.75. The first-order valence-corrected chi connectivity index (χ1v) is 8.57. The van der Waals surface area contributed by atoms with E-state index in [-0.39, 0.29) is 20.8 Å². The number of hydrogen-bond acceptors (Lipinski definition) is 5. The lowest BCUT2D eigenvalue weighted by molar-refractivity contribution is -0.171. The fourth-order valence-electron chi connectivity index (χ4n) is 2.09. The van der Waals surface area contributed by atoms with Crippen molar-refractivity contribution in [3.8, 4) is 5.88 Å². The maximum absolute atomic E-state index is 13.5. The van der Waals surface area contributed by atoms with Crippen LogP contribution >= 0.6 is 11.6 Å². The molecule has 0 fully saturated rings. The van der Waals surface area contributed by atoms with E-state index in [0.29, 0.717) is 0 Å². The van der Waals surface area contributed by atoms with Gasteiger partial charge in [0.2, 0.25) is 5.88 Å². The van der Waals surface area contributed by atoms with Crippen LogP contribution in [0.3, 0.4) is 0 Å². The quantitative estimate of drug-likeness (QED) is 0.778. The van der Waals surface area contributed by atoms with E-state index in [1.54, 1.807) is 0 Å². The monoisotopic (exact) mass is 395 g/mol. The normalized spacial score (nSPS) is 13.7. The van der Waals surface area contributed by atoms with Crippen molar-refractivity contribution in [2.24, 2.45) is 0 Å². The molecule has 1 unspecified atom stereocenters. The number of rotatable bonds is 5. The summed E-state index contributed by atoms with van der Waals surface area (Å²) in [7, 11) is -2.43. The molecule has 0 saturated heterocycles. The van der Waals surface area contributed by atoms with Crippen molar-refractivity contribution in [2.75, 3.05) is 14.2 Å². The Kier molecular flexibility index (Phi) is 5.55. The Morgan fingerprint density at radius 3 is 2.16 bits per heavy atom. The molecule has 0 spiro atoms. The number of ether oxygens (including phenoxy) is 1. The highest BCUT2D eigenvalue weighted by Crippen LogP contribution is 2.39. The molecule has 0 amide bonds. The molecule has 0 aliphatic rings. The summed E-state index contributed by atoms with van der Waals surface area (Å²) in [5, 5.41) is 6.50. The van der Waals surface area contributed by atoms with E-state index in [1.165, 1.54) is 25.3 Å². The van der Waals surface area contributed by atoms with Crippen molar-refractivity contribution >= 4 is 21.6 Å². The zero-order chi connectivity index (χ0) is 18.8. The Bertz CT molecular complexity index is 827. The Labute approximate surface area is 147 Å². The SMILES string of the molecule is COc1ccc(S(=O)(=O)N(C)C(c2ccc(Cl)cc2)C(F)(F)F)nn1. The lowest BCUT2D eigenvalue weighted by Crippen LogP contribution is -2.40. The maximum Gasteiger partial charge on any atom is 0.409 e. The summed E-state index contributed by atoms with van der Waals surface area (Å²) in [6.07, 6.45) is -4.85. The summed E-state index contributed by atoms with van der Waals surface area (Å²) in [6.45, 7) is 0. The fraction of sp³-hybridized carbons (Fsp3) is 0.286. The van der Waals surface area contributed by atoms with E-state index < -0.39 is 27.3 Å². The molecular weight excluding hydrogens is 383 g/mol. The smallest absolute Gasteiger partial charge is 0.409 e. The van der Waals surface area contributed by atoms with E-state index in [1.807, 2.05) is 0 Å². The number of aromatic nitrogens is 2. The highest BCUT2D eigenvalue weighted by Gasteiger charge is 2.48. The van der Waals surface area contributed by atoms with Crippen LogP contribution in [0.5, 0.6) is 5.88 Å². The third-order valence-electron chi connectivity index (χ3n) is 3.33. The molecule has 1 atom stereocenters. The van der Waals surface area contributed by atoms with Gasteiger partial charge in [-0.3, -0.25) is 0 Å². The summed E-state index contributed by atoms with van der Waals surface area (Å²) in [5.41, 5.74) is -0.274. The third kappa shape index (κ3) is 4.20. The van der Waals surface area contributed by atoms with Gasteiger partial charge < -0.3 is 4.74 Å². The van der Waals surface area contributed by atoms with Gasteiger partial charge in [-0.25, -0.2) is 8.42 Å². The standard InChI is InChI=1S/C14H13ClF3N3O3S/c1-21(25(22,23)12-8-7-11(24-2)19-20-12)13(14(16,17)18)9-3-5-10(15)6-4-9/h3-8,13H,1-2H3. The minimum absolute atomic E-state index is 0.0340. The number of halogens is 4. The Balaban J connectivity index is 2.47. The van der Waals surface area contributed by atoms with Crippen LogP contribution in [-0.2, 0) is 10.0 Å². The molecule has 0 aliphatic carbocycles. The lowest BCUT2D eigenvalue weighted by atomic mass is 10.1. The fourth-order valence-corrected chi connectivity index (χ4v) is 3.41. The summed E-state index contributed by atoms with van der Waals surface area (Å²) in [6, 6.07) is 4.55. The molecule has 0 N–H and O–H groups in total. The number of nitrogens with zero attached hydrogens (tertiary/aromatic N) is 3. The highest BCUT2D eigenvalue weighted by atomic mass is 35.5. The molecule has 1 heterocycles. The first kappa shape index (κ1) is 19.4. The molecule has 1 aromatic carbocycles. The molecular formula is C14H13ClF3N3O3S. The van der Waals surface area contributed by atoms with Crippen LogP contribution in [0.2, 0.25) is 5.02 Å². The molecule has 6 nitrogen and oxygen atoms in total. The van der Waals surface area contributed by atoms with Crippen molar-refractivity contribution in [1.29, 1.82) is 0 Å². The zero-order valence-corrected chi connectivity index (χ0v) is 14.6. The van der Waals surface area contributed by atoms with Crippen LogP contribution in [0.25, 0.3) is 0 Å². The molecule has 11 heteroatoms. The predicted octanol–water partition coefficient (Wildman–Crippen LogP) is 3.06. The van der Waals surface area contributed by atoms with Crippen LogP contribution in [0.1, 0.15) is 11.6 Å². The van der Waals surface area contributed by atoms with Gasteiger partial charge in [-0.1, -0.05) is 23.7 Å². The number of methoxy groups -OCH3 is 1. The van der Waals surface area contributed by atoms with Crippen LogP contribution in [-0.4, -0.2) is 43.3 Å². The van der Waals surface area contributed by atoms with E-state index in [2.05, 4.69) is 10.2 Å². The number of benzene rings is 1. The van der Waals surface area contributed by atoms with Gasteiger partial charge in [-0.15, -0.1) is 10.2 Å². The Morgan fingerprint density at radius 1 is 1.12 bits per heavy atom. The maximum atomic E-state index is 13.5. The average molecular weight is 396 g/mol. The van der Waals surface area contributed by atoms with Gasteiger partial charge in [0, 0.05) is 18.1 Å². The second-order valence-electron chi connectivity index (χ2n) is 4.93. The second kappa shape index (κ2) is 7.14. The Morgan fingerprint density at radius 2 is 1.72 bits per heavy atom. The first-order chi connectivity index (χ1) is 11.6. The van der Waals surface area contributed by atoms with Gasteiger partial charge >= 0.3 is 6.18 Å². The number of sulfonamides is 1. The topological polar surface area (TPSA) is 72.4 Å². The molecule has 136 valence electrons. The zero-order valence-electron chi connectivity index (χ0n) is 13.0. The van der Waals surface area contributed by atoms with Gasteiger partial charge in [0.25, 0.3) is 10.0 Å². The van der Waals surface area contributed by atoms with Crippen LogP contribution in [0, 0.1) is 0 Å². The van der Waals surface area contributed by atoms with Gasteiger partial charge in [-0.05, 0) is 23.8 Å². The summed E-state index contributed by atoms with van der Waals surface area (Å²) in [5.74, 6) is 0.0340. The minimum atomic E-state index is -4.85. The van der Waals surface area contributed by atoms with Crippen molar-refractivity contribution in [1.82, 2.24) is 14.5 Å². The minimum Gasteiger partial charge on any atom is -0.480 e. The highest BCUT2D eigenvalue weighted by molar-refractivity contribution is 7.89. The molecule has 2 aromatic rings. The van der Waals surface area contributed by atoms with E-state index in [4.69, 9.17) is 16.3 Å². The van der Waals surface area contributed by atoms with E-state index >= 15 is 0 Å². The summed E-state index contributed by atoms with van der Waals surface area (Å²) in [4.78, 5) is 0. The lowest BCUT2D eigenvalue weighted by Gasteiger charge is -2.29. The van der Waals surface area contributed by atoms with Crippen molar-refractivity contribution in [3.05, 3.63) is 47.0 Å². The van der Waals surface area contributed by atoms with E-state index in [0.717, 1.165) is 25.2 Å². The van der Waals surface area contributed by atoms with Gasteiger partial charge in [-0.2, -0.15) is 17.5 Å². The van der Waals surface area contributed by atoms with Crippen LogP contribution in [0.15, 0.2) is 41.4 Å². The average Bonchev–Trinajstić information content (AvgIpc) is 2.55. The molecule has 25 heavy (non-hydrogen) atoms. The molecule has 0 aliphatic heterocycles. The molecule has 0 saturated carbocycles. The Hall–Kier alpha value is -1.91. The van der Waals surface area contributed by atoms with Crippen LogP contribution < -0.4 is 4.74 Å². The van der Waals surface area contributed by atoms with Crippen LogP contribution in [0.4, 0.5) is 13.2 Å². The van der Waals surface area contributed by atoms with Crippen molar-refractivity contribution in [2.45, 2.75) is 17.2 Å². The molecule has 2 rings (SSSR count). The van der Waals surface area contributed by atoms with Gasteiger partial charge in [0.1, 0.15) is 6.04 Å². The molecule has 0 bridgehead atoms. The third-order valence-corrected chi connectivity index (χ3v) is 5.29. The summed E-state index contributed by atoms with van der Waals surface area (Å²) >= 11 is 5.68. The van der Waals surface area contributed by atoms with Crippen molar-refractivity contribution < 1.29 is 26.3 Å². The van der Waals surface area contributed by atoms with Crippen molar-refractivity contribution in [3.63, 3.8) is 0 Å². The summed E-state index contributed by atoms with van der Waals surface area (Å²) < 4.78 is 70.6. The number of alkyl halides is 3. The predicted molar refractivity (Wildman–Crippen MR) is 83.8 cm³/mol. The number of hydrogen-bond donors (Lipinski definition) is 0. The van der Waals surface area contributed by atoms with E-state index in [9.17, 15) is 21.6 Å². The molecule has 1 aromatic heterocycles. The second-order valence-corrected chi connectivity index (χ2v) is 7.31.